The van der Waals surface area contributed by atoms with Gasteiger partial charge in [0.1, 0.15) is 0 Å². The van der Waals surface area contributed by atoms with Gasteiger partial charge >= 0.3 is 0 Å². The summed E-state index contributed by atoms with van der Waals surface area (Å²) < 4.78 is 0.990. The zero-order chi connectivity index (χ0) is 18.8. The summed E-state index contributed by atoms with van der Waals surface area (Å²) in [5.41, 5.74) is 3.82. The molecule has 1 atom stereocenters. The van der Waals surface area contributed by atoms with Crippen molar-refractivity contribution in [3.8, 4) is 0 Å². The van der Waals surface area contributed by atoms with Crippen LogP contribution in [-0.4, -0.2) is 25.5 Å². The second-order valence-corrected chi connectivity index (χ2v) is 8.63. The number of anilines is 2. The van der Waals surface area contributed by atoms with E-state index in [1.54, 1.807) is 0 Å². The minimum absolute atomic E-state index is 0.0833. The van der Waals surface area contributed by atoms with Gasteiger partial charge in [-0.25, -0.2) is 0 Å². The van der Waals surface area contributed by atoms with E-state index in [1.165, 1.54) is 11.8 Å². The van der Waals surface area contributed by atoms with E-state index in [4.69, 9.17) is 11.6 Å². The van der Waals surface area contributed by atoms with Gasteiger partial charge < -0.3 is 15.5 Å². The summed E-state index contributed by atoms with van der Waals surface area (Å²) >= 11 is 11.1. The highest BCUT2D eigenvalue weighted by molar-refractivity contribution is 9.10. The van der Waals surface area contributed by atoms with E-state index >= 15 is 0 Å². The molecule has 3 rings (SSSR count). The predicted molar refractivity (Wildman–Crippen MR) is 116 cm³/mol. The second kappa shape index (κ2) is 7.94. The summed E-state index contributed by atoms with van der Waals surface area (Å²) in [6, 6.07) is 11.7. The molecule has 0 spiro atoms. The molecule has 1 amide bonds. The van der Waals surface area contributed by atoms with Gasteiger partial charge in [-0.2, -0.15) is 0 Å². The van der Waals surface area contributed by atoms with Crippen LogP contribution in [0.1, 0.15) is 11.1 Å². The first-order valence-corrected chi connectivity index (χ1v) is 10.1. The van der Waals surface area contributed by atoms with Crippen molar-refractivity contribution < 1.29 is 4.79 Å². The maximum absolute atomic E-state index is 12.3. The molecule has 0 aromatic heterocycles. The lowest BCUT2D eigenvalue weighted by molar-refractivity contribution is -0.116. The van der Waals surface area contributed by atoms with Crippen LogP contribution in [0.4, 0.5) is 11.4 Å². The first kappa shape index (κ1) is 19.1. The van der Waals surface area contributed by atoms with E-state index in [0.29, 0.717) is 9.93 Å². The average Bonchev–Trinajstić information content (AvgIpc) is 2.90. The molecule has 2 aromatic carbocycles. The number of carbonyl (C=O) groups excluding carboxylic acids is 1. The minimum atomic E-state index is -0.226. The quantitative estimate of drug-likeness (QED) is 0.635. The highest BCUT2D eigenvalue weighted by atomic mass is 79.9. The van der Waals surface area contributed by atoms with Crippen LogP contribution in [0.2, 0.25) is 5.02 Å². The van der Waals surface area contributed by atoms with Gasteiger partial charge in [0.2, 0.25) is 0 Å². The molecule has 1 heterocycles. The molecule has 1 fully saturated rings. The Balaban J connectivity index is 1.76. The van der Waals surface area contributed by atoms with E-state index in [-0.39, 0.29) is 11.4 Å². The molecule has 0 radical (unpaired) electrons. The maximum atomic E-state index is 12.3. The Bertz CT molecular complexity index is 885. The number of nitrogens with one attached hydrogen (secondary N) is 2. The molecular formula is C19H19BrClN3OS. The molecule has 0 saturated carbocycles. The van der Waals surface area contributed by atoms with Crippen LogP contribution < -0.4 is 15.5 Å². The molecule has 1 aliphatic rings. The van der Waals surface area contributed by atoms with Crippen LogP contribution in [0.15, 0.2) is 45.8 Å². The molecule has 1 saturated heterocycles. The summed E-state index contributed by atoms with van der Waals surface area (Å²) in [5, 5.41) is 6.93. The summed E-state index contributed by atoms with van der Waals surface area (Å²) in [7, 11) is 3.99. The largest absolute Gasteiger partial charge is 0.377 e. The Morgan fingerprint density at radius 2 is 2.04 bits per heavy atom. The first-order chi connectivity index (χ1) is 12.3. The lowest BCUT2D eigenvalue weighted by atomic mass is 10.2. The Labute approximate surface area is 171 Å². The summed E-state index contributed by atoms with van der Waals surface area (Å²) in [4.78, 5) is 15.0. The number of halogens is 2. The molecule has 1 unspecified atom stereocenters. The number of amides is 1. The molecule has 2 N–H and O–H groups in total. The highest BCUT2D eigenvalue weighted by Crippen LogP contribution is 2.33. The number of rotatable bonds is 4. The Morgan fingerprint density at radius 3 is 2.73 bits per heavy atom. The first-order valence-electron chi connectivity index (χ1n) is 8.02. The van der Waals surface area contributed by atoms with Crippen LogP contribution in [-0.2, 0) is 4.79 Å². The Hall–Kier alpha value is -1.63. The van der Waals surface area contributed by atoms with Crippen molar-refractivity contribution in [1.82, 2.24) is 5.32 Å². The number of carbonyl (C=O) groups is 1. The van der Waals surface area contributed by atoms with Crippen molar-refractivity contribution >= 4 is 62.7 Å². The summed E-state index contributed by atoms with van der Waals surface area (Å²) in [6.45, 7) is 2.00. The molecule has 1 aliphatic heterocycles. The van der Waals surface area contributed by atoms with Gasteiger partial charge in [-0.05, 0) is 64.3 Å². The van der Waals surface area contributed by atoms with Crippen LogP contribution in [0.3, 0.4) is 0 Å². The maximum Gasteiger partial charge on any atom is 0.260 e. The molecule has 136 valence electrons. The van der Waals surface area contributed by atoms with E-state index in [9.17, 15) is 4.79 Å². The number of thioether (sulfide) groups is 1. The number of nitrogens with zero attached hydrogens (tertiary/aromatic N) is 1. The smallest absolute Gasteiger partial charge is 0.260 e. The zero-order valence-corrected chi connectivity index (χ0v) is 17.8. The van der Waals surface area contributed by atoms with E-state index in [1.807, 2.05) is 68.4 Å². The number of hydrogen-bond donors (Lipinski definition) is 2. The van der Waals surface area contributed by atoms with Crippen molar-refractivity contribution in [1.29, 1.82) is 0 Å². The molecule has 0 aliphatic carbocycles. The van der Waals surface area contributed by atoms with E-state index in [0.717, 1.165) is 27.0 Å². The van der Waals surface area contributed by atoms with Crippen molar-refractivity contribution in [3.05, 3.63) is 61.9 Å². The van der Waals surface area contributed by atoms with Gasteiger partial charge in [0.25, 0.3) is 5.91 Å². The van der Waals surface area contributed by atoms with Crippen molar-refractivity contribution in [2.24, 2.45) is 0 Å². The van der Waals surface area contributed by atoms with Gasteiger partial charge in [-0.3, -0.25) is 4.79 Å². The molecule has 26 heavy (non-hydrogen) atoms. The van der Waals surface area contributed by atoms with Crippen LogP contribution in [0.5, 0.6) is 0 Å². The summed E-state index contributed by atoms with van der Waals surface area (Å²) in [5.74, 6) is -0.0833. The lowest BCUT2D eigenvalue weighted by Crippen LogP contribution is -2.31. The Morgan fingerprint density at radius 1 is 1.27 bits per heavy atom. The molecule has 0 bridgehead atoms. The van der Waals surface area contributed by atoms with Crippen LogP contribution >= 0.6 is 39.3 Å². The predicted octanol–water partition coefficient (Wildman–Crippen LogP) is 5.08. The Kier molecular flexibility index (Phi) is 5.85. The standard InChI is InChI=1S/C19H19BrClN3OS/c1-11-4-6-13(21)10-15(11)22-19-23-18(25)17(26-19)9-12-5-7-16(24(2)3)14(20)8-12/h4-10,19,22H,1-3H3,(H,23,25)/b17-9-. The molecule has 2 aromatic rings. The fourth-order valence-corrected chi connectivity index (χ4v) is 4.48. The lowest BCUT2D eigenvalue weighted by Gasteiger charge is -2.15. The van der Waals surface area contributed by atoms with Crippen molar-refractivity contribution in [2.45, 2.75) is 12.4 Å². The molecule has 7 heteroatoms. The minimum Gasteiger partial charge on any atom is -0.377 e. The van der Waals surface area contributed by atoms with E-state index < -0.39 is 0 Å². The van der Waals surface area contributed by atoms with Crippen molar-refractivity contribution in [3.63, 3.8) is 0 Å². The van der Waals surface area contributed by atoms with Gasteiger partial charge in [-0.1, -0.05) is 35.5 Å². The molecule has 4 nitrogen and oxygen atoms in total. The normalized spacial score (nSPS) is 18.1. The third-order valence-corrected chi connectivity index (χ3v) is 5.87. The molecular weight excluding hydrogens is 434 g/mol. The van der Waals surface area contributed by atoms with Gasteiger partial charge in [0.15, 0.2) is 5.50 Å². The average molecular weight is 453 g/mol. The topological polar surface area (TPSA) is 44.4 Å². The van der Waals surface area contributed by atoms with Gasteiger partial charge in [0.05, 0.1) is 10.6 Å². The highest BCUT2D eigenvalue weighted by Gasteiger charge is 2.27. The van der Waals surface area contributed by atoms with Gasteiger partial charge in [0, 0.05) is 29.3 Å². The SMILES string of the molecule is Cc1ccc(Cl)cc1NC1NC(=O)/C(=C/c2ccc(N(C)C)c(Br)c2)S1. The van der Waals surface area contributed by atoms with Crippen molar-refractivity contribution in [2.75, 3.05) is 24.3 Å². The monoisotopic (exact) mass is 451 g/mol. The summed E-state index contributed by atoms with van der Waals surface area (Å²) in [6.07, 6.45) is 1.90. The fraction of sp³-hybridized carbons (Fsp3) is 0.211. The third kappa shape index (κ3) is 4.37. The van der Waals surface area contributed by atoms with Gasteiger partial charge in [-0.15, -0.1) is 0 Å². The van der Waals surface area contributed by atoms with Crippen LogP contribution in [0, 0.1) is 6.92 Å². The number of hydrogen-bond acceptors (Lipinski definition) is 4. The van der Waals surface area contributed by atoms with Crippen LogP contribution in [0.25, 0.3) is 6.08 Å². The number of benzene rings is 2. The number of aryl methyl sites for hydroxylation is 1. The third-order valence-electron chi connectivity index (χ3n) is 3.97. The second-order valence-electron chi connectivity index (χ2n) is 6.19. The zero-order valence-electron chi connectivity index (χ0n) is 14.6. The fourth-order valence-electron chi connectivity index (χ4n) is 2.58. The van der Waals surface area contributed by atoms with E-state index in [2.05, 4.69) is 26.6 Å².